The molecule has 3 rings (SSSR count). The predicted octanol–water partition coefficient (Wildman–Crippen LogP) is 3.00. The number of rotatable bonds is 4. The average molecular weight is 285 g/mol. The van der Waals surface area contributed by atoms with Gasteiger partial charge in [-0.3, -0.25) is 9.78 Å². The fourth-order valence-corrected chi connectivity index (χ4v) is 2.89. The summed E-state index contributed by atoms with van der Waals surface area (Å²) in [6.07, 6.45) is 2.96. The van der Waals surface area contributed by atoms with Gasteiger partial charge >= 0.3 is 0 Å². The number of ketones is 1. The van der Waals surface area contributed by atoms with E-state index >= 15 is 0 Å². The largest absolute Gasteiger partial charge is 0.381 e. The van der Waals surface area contributed by atoms with E-state index in [-0.39, 0.29) is 5.78 Å². The molecule has 0 unspecified atom stereocenters. The average Bonchev–Trinajstić information content (AvgIpc) is 2.55. The van der Waals surface area contributed by atoms with Crippen LogP contribution in [0.5, 0.6) is 0 Å². The number of ether oxygens (including phenoxy) is 2. The molecule has 1 fully saturated rings. The molecule has 0 aliphatic carbocycles. The summed E-state index contributed by atoms with van der Waals surface area (Å²) in [5, 5.41) is 1.03. The molecule has 4 nitrogen and oxygen atoms in total. The zero-order chi connectivity index (χ0) is 14.7. The number of carbonyl (C=O) groups excluding carboxylic acids is 1. The van der Waals surface area contributed by atoms with Crippen LogP contribution in [0, 0.1) is 0 Å². The predicted molar refractivity (Wildman–Crippen MR) is 80.5 cm³/mol. The monoisotopic (exact) mass is 285 g/mol. The van der Waals surface area contributed by atoms with Gasteiger partial charge in [0.25, 0.3) is 0 Å². The highest BCUT2D eigenvalue weighted by atomic mass is 16.5. The lowest BCUT2D eigenvalue weighted by Gasteiger charge is -2.35. The minimum absolute atomic E-state index is 0.0419. The molecule has 0 spiro atoms. The molecule has 0 bridgehead atoms. The fourth-order valence-electron chi connectivity index (χ4n) is 2.89. The van der Waals surface area contributed by atoms with Gasteiger partial charge in [0.15, 0.2) is 5.78 Å². The summed E-state index contributed by atoms with van der Waals surface area (Å²) in [6.45, 7) is 3.58. The number of aromatic nitrogens is 1. The molecule has 1 saturated heterocycles. The maximum atomic E-state index is 12.9. The molecule has 21 heavy (non-hydrogen) atoms. The van der Waals surface area contributed by atoms with E-state index in [1.54, 1.807) is 6.20 Å². The number of carbonyl (C=O) groups is 1. The van der Waals surface area contributed by atoms with Crippen molar-refractivity contribution in [2.45, 2.75) is 25.4 Å². The van der Waals surface area contributed by atoms with Crippen LogP contribution in [0.2, 0.25) is 0 Å². The van der Waals surface area contributed by atoms with Crippen molar-refractivity contribution < 1.29 is 14.3 Å². The standard InChI is InChI=1S/C17H19NO3/c1-2-21-17(7-10-20-11-8-17)16(19)14-6-5-13-4-3-9-18-15(13)12-14/h3-6,9,12H,2,7-8,10-11H2,1H3. The van der Waals surface area contributed by atoms with Crippen LogP contribution in [-0.2, 0) is 9.47 Å². The summed E-state index contributed by atoms with van der Waals surface area (Å²) in [6, 6.07) is 9.54. The van der Waals surface area contributed by atoms with Crippen LogP contribution in [0.4, 0.5) is 0 Å². The van der Waals surface area contributed by atoms with Crippen LogP contribution in [0.3, 0.4) is 0 Å². The Labute approximate surface area is 124 Å². The van der Waals surface area contributed by atoms with Gasteiger partial charge in [0.1, 0.15) is 5.60 Å². The van der Waals surface area contributed by atoms with Crippen molar-refractivity contribution >= 4 is 16.7 Å². The molecule has 110 valence electrons. The Morgan fingerprint density at radius 2 is 2.14 bits per heavy atom. The lowest BCUT2D eigenvalue weighted by molar-refractivity contribution is -0.0822. The van der Waals surface area contributed by atoms with Gasteiger partial charge in [0.05, 0.1) is 5.52 Å². The number of hydrogen-bond donors (Lipinski definition) is 0. The molecule has 1 aromatic carbocycles. The zero-order valence-electron chi connectivity index (χ0n) is 12.2. The normalized spacial score (nSPS) is 17.8. The second-order valence-electron chi connectivity index (χ2n) is 5.28. The first-order valence-corrected chi connectivity index (χ1v) is 7.36. The lowest BCUT2D eigenvalue weighted by Crippen LogP contribution is -2.46. The smallest absolute Gasteiger partial charge is 0.194 e. The van der Waals surface area contributed by atoms with E-state index in [2.05, 4.69) is 4.98 Å². The molecular weight excluding hydrogens is 266 g/mol. The third-order valence-electron chi connectivity index (χ3n) is 4.00. The summed E-state index contributed by atoms with van der Waals surface area (Å²) in [4.78, 5) is 17.3. The van der Waals surface area contributed by atoms with Crippen LogP contribution >= 0.6 is 0 Å². The third kappa shape index (κ3) is 2.69. The zero-order valence-corrected chi connectivity index (χ0v) is 12.2. The van der Waals surface area contributed by atoms with E-state index in [0.717, 1.165) is 10.9 Å². The van der Waals surface area contributed by atoms with Gasteiger partial charge in [-0.1, -0.05) is 18.2 Å². The molecule has 0 radical (unpaired) electrons. The van der Waals surface area contributed by atoms with Gasteiger partial charge in [-0.05, 0) is 19.1 Å². The summed E-state index contributed by atoms with van der Waals surface area (Å²) < 4.78 is 11.2. The maximum Gasteiger partial charge on any atom is 0.194 e. The van der Waals surface area contributed by atoms with Gasteiger partial charge in [-0.15, -0.1) is 0 Å². The van der Waals surface area contributed by atoms with Crippen LogP contribution < -0.4 is 0 Å². The number of hydrogen-bond acceptors (Lipinski definition) is 4. The highest BCUT2D eigenvalue weighted by Gasteiger charge is 2.41. The Morgan fingerprint density at radius 3 is 2.90 bits per heavy atom. The SMILES string of the molecule is CCOC1(C(=O)c2ccc3cccnc3c2)CCOCC1. The van der Waals surface area contributed by atoms with Crippen LogP contribution in [0.15, 0.2) is 36.5 Å². The van der Waals surface area contributed by atoms with Crippen LogP contribution in [0.25, 0.3) is 10.9 Å². The van der Waals surface area contributed by atoms with Crippen molar-refractivity contribution in [2.75, 3.05) is 19.8 Å². The Bertz CT molecular complexity index is 642. The molecule has 4 heteroatoms. The first-order valence-electron chi connectivity index (χ1n) is 7.36. The third-order valence-corrected chi connectivity index (χ3v) is 4.00. The molecule has 0 atom stereocenters. The summed E-state index contributed by atoms with van der Waals surface area (Å²) in [5.74, 6) is 0.0419. The van der Waals surface area contributed by atoms with Gasteiger partial charge in [0.2, 0.25) is 0 Å². The van der Waals surface area contributed by atoms with E-state index < -0.39 is 5.60 Å². The number of pyridine rings is 1. The first kappa shape index (κ1) is 14.2. The summed E-state index contributed by atoms with van der Waals surface area (Å²) in [5.41, 5.74) is 0.758. The van der Waals surface area contributed by atoms with Crippen molar-refractivity contribution in [1.29, 1.82) is 0 Å². The topological polar surface area (TPSA) is 48.4 Å². The van der Waals surface area contributed by atoms with E-state index in [0.29, 0.717) is 38.2 Å². The Kier molecular flexibility index (Phi) is 3.99. The van der Waals surface area contributed by atoms with Crippen molar-refractivity contribution in [1.82, 2.24) is 4.98 Å². The number of nitrogens with zero attached hydrogens (tertiary/aromatic N) is 1. The minimum atomic E-state index is -0.741. The van der Waals surface area contributed by atoms with E-state index in [9.17, 15) is 4.79 Å². The molecule has 1 aliphatic rings. The lowest BCUT2D eigenvalue weighted by atomic mass is 9.85. The van der Waals surface area contributed by atoms with Crippen LogP contribution in [0.1, 0.15) is 30.1 Å². The Balaban J connectivity index is 1.97. The fraction of sp³-hybridized carbons (Fsp3) is 0.412. The molecule has 2 aromatic rings. The Hall–Kier alpha value is -1.78. The highest BCUT2D eigenvalue weighted by Crippen LogP contribution is 2.30. The molecule has 2 heterocycles. The molecule has 0 amide bonds. The van der Waals surface area contributed by atoms with Gasteiger partial charge in [-0.2, -0.15) is 0 Å². The van der Waals surface area contributed by atoms with Gasteiger partial charge in [0, 0.05) is 49.8 Å². The number of fused-ring (bicyclic) bond motifs is 1. The summed E-state index contributed by atoms with van der Waals surface area (Å²) >= 11 is 0. The second kappa shape index (κ2) is 5.92. The van der Waals surface area contributed by atoms with Gasteiger partial charge in [-0.25, -0.2) is 0 Å². The molecule has 1 aliphatic heterocycles. The molecule has 0 saturated carbocycles. The van der Waals surface area contributed by atoms with Crippen molar-refractivity contribution in [2.24, 2.45) is 0 Å². The minimum Gasteiger partial charge on any atom is -0.381 e. The quantitative estimate of drug-likeness (QED) is 0.810. The van der Waals surface area contributed by atoms with E-state index in [1.165, 1.54) is 0 Å². The highest BCUT2D eigenvalue weighted by molar-refractivity contribution is 6.04. The van der Waals surface area contributed by atoms with E-state index in [4.69, 9.17) is 9.47 Å². The first-order chi connectivity index (χ1) is 10.2. The van der Waals surface area contributed by atoms with E-state index in [1.807, 2.05) is 37.3 Å². The van der Waals surface area contributed by atoms with Crippen molar-refractivity contribution in [3.63, 3.8) is 0 Å². The number of benzene rings is 1. The molecule has 0 N–H and O–H groups in total. The van der Waals surface area contributed by atoms with Crippen LogP contribution in [-0.4, -0.2) is 36.2 Å². The van der Waals surface area contributed by atoms with Gasteiger partial charge < -0.3 is 9.47 Å². The van der Waals surface area contributed by atoms with Crippen molar-refractivity contribution in [3.05, 3.63) is 42.1 Å². The maximum absolute atomic E-state index is 12.9. The Morgan fingerprint density at radius 1 is 1.33 bits per heavy atom. The second-order valence-corrected chi connectivity index (χ2v) is 5.28. The molecular formula is C17H19NO3. The van der Waals surface area contributed by atoms with Crippen molar-refractivity contribution in [3.8, 4) is 0 Å². The summed E-state index contributed by atoms with van der Waals surface area (Å²) in [7, 11) is 0. The molecule has 1 aromatic heterocycles. The number of Topliss-reactive ketones (excluding diaryl/α,β-unsaturated/α-hetero) is 1.